The Hall–Kier alpha value is 0.196. The van der Waals surface area contributed by atoms with Gasteiger partial charge in [-0.3, -0.25) is 9.69 Å². The van der Waals surface area contributed by atoms with E-state index in [9.17, 15) is 4.79 Å². The highest BCUT2D eigenvalue weighted by atomic mass is 24.3. The minimum absolute atomic E-state index is 0. The van der Waals surface area contributed by atoms with Crippen molar-refractivity contribution in [3.8, 4) is 0 Å². The van der Waals surface area contributed by atoms with Crippen LogP contribution in [-0.2, 0) is 4.79 Å². The van der Waals surface area contributed by atoms with Crippen LogP contribution < -0.4 is 0 Å². The molecule has 0 aromatic rings. The van der Waals surface area contributed by atoms with Gasteiger partial charge in [-0.25, -0.2) is 0 Å². The van der Waals surface area contributed by atoms with Crippen LogP contribution in [-0.4, -0.2) is 58.7 Å². The molecule has 1 saturated heterocycles. The zero-order valence-corrected chi connectivity index (χ0v) is 6.05. The number of hydrogen-bond donors (Lipinski definition) is 1. The number of carboxylic acid groups (broad SMARTS) is 1. The molecule has 1 heterocycles. The molecular formula is C7H15MgNO2. The van der Waals surface area contributed by atoms with Crippen molar-refractivity contribution < 1.29 is 9.90 Å². The summed E-state index contributed by atoms with van der Waals surface area (Å²) in [7, 11) is 0. The molecular weight excluding hydrogens is 154 g/mol. The lowest BCUT2D eigenvalue weighted by Crippen LogP contribution is -2.34. The minimum atomic E-state index is -0.707. The van der Waals surface area contributed by atoms with E-state index in [0.717, 1.165) is 25.9 Å². The van der Waals surface area contributed by atoms with Crippen molar-refractivity contribution in [2.24, 2.45) is 0 Å². The lowest BCUT2D eigenvalue weighted by atomic mass is 10.1. The molecule has 4 heteroatoms. The van der Waals surface area contributed by atoms with Crippen molar-refractivity contribution in [1.82, 2.24) is 4.90 Å². The second-order valence-corrected chi connectivity index (χ2v) is 2.73. The zero-order chi connectivity index (χ0) is 7.40. The Balaban J connectivity index is 0.000001000. The van der Waals surface area contributed by atoms with Crippen LogP contribution in [0, 0.1) is 0 Å². The molecule has 0 unspecified atom stereocenters. The van der Waals surface area contributed by atoms with Crippen LogP contribution in [0.15, 0.2) is 0 Å². The molecule has 0 spiro atoms. The molecule has 62 valence electrons. The third-order valence-electron chi connectivity index (χ3n) is 1.81. The summed E-state index contributed by atoms with van der Waals surface area (Å²) in [6, 6.07) is 0. The van der Waals surface area contributed by atoms with E-state index in [0.29, 0.717) is 0 Å². The van der Waals surface area contributed by atoms with Gasteiger partial charge >= 0.3 is 29.0 Å². The van der Waals surface area contributed by atoms with Crippen molar-refractivity contribution in [3.05, 3.63) is 0 Å². The first-order valence-corrected chi connectivity index (χ1v) is 3.73. The van der Waals surface area contributed by atoms with Crippen LogP contribution in [0.5, 0.6) is 0 Å². The van der Waals surface area contributed by atoms with Crippen LogP contribution in [0.4, 0.5) is 0 Å². The normalized spacial score (nSPS) is 18.9. The number of aliphatic carboxylic acids is 1. The highest BCUT2D eigenvalue weighted by Gasteiger charge is 2.11. The average Bonchev–Trinajstić information content (AvgIpc) is 1.88. The van der Waals surface area contributed by atoms with E-state index in [1.807, 2.05) is 4.90 Å². The molecule has 3 nitrogen and oxygen atoms in total. The molecule has 0 bridgehead atoms. The van der Waals surface area contributed by atoms with Gasteiger partial charge in [0.2, 0.25) is 0 Å². The van der Waals surface area contributed by atoms with Crippen molar-refractivity contribution in [2.45, 2.75) is 19.3 Å². The first kappa shape index (κ1) is 11.2. The molecule has 0 atom stereocenters. The summed E-state index contributed by atoms with van der Waals surface area (Å²) in [6.45, 7) is 2.15. The lowest BCUT2D eigenvalue weighted by Gasteiger charge is -2.24. The van der Waals surface area contributed by atoms with Crippen LogP contribution in [0.3, 0.4) is 0 Å². The summed E-state index contributed by atoms with van der Waals surface area (Å²) in [4.78, 5) is 12.2. The smallest absolute Gasteiger partial charge is 0.317 e. The predicted molar refractivity (Wildman–Crippen MR) is 46.5 cm³/mol. The number of rotatable bonds is 2. The van der Waals surface area contributed by atoms with Gasteiger partial charge in [0.15, 0.2) is 0 Å². The average molecular weight is 170 g/mol. The first-order valence-electron chi connectivity index (χ1n) is 3.73. The number of likely N-dealkylation sites (tertiary alicyclic amines) is 1. The molecule has 1 fully saturated rings. The Morgan fingerprint density at radius 2 is 1.82 bits per heavy atom. The zero-order valence-electron chi connectivity index (χ0n) is 6.05. The molecule has 0 radical (unpaired) electrons. The first-order chi connectivity index (χ1) is 4.79. The second kappa shape index (κ2) is 5.80. The molecule has 0 aliphatic carbocycles. The third-order valence-corrected chi connectivity index (χ3v) is 1.81. The monoisotopic (exact) mass is 169 g/mol. The van der Waals surface area contributed by atoms with Gasteiger partial charge in [-0.15, -0.1) is 0 Å². The fourth-order valence-electron chi connectivity index (χ4n) is 1.31. The molecule has 0 aromatic heterocycles. The molecule has 0 saturated carbocycles. The third kappa shape index (κ3) is 4.60. The number of piperidine rings is 1. The number of nitrogens with zero attached hydrogens (tertiary/aromatic N) is 1. The maximum atomic E-state index is 10.2. The van der Waals surface area contributed by atoms with Gasteiger partial charge in [-0.2, -0.15) is 0 Å². The van der Waals surface area contributed by atoms with Gasteiger partial charge in [0.25, 0.3) is 0 Å². The summed E-state index contributed by atoms with van der Waals surface area (Å²) in [5.41, 5.74) is 0. The van der Waals surface area contributed by atoms with E-state index in [2.05, 4.69) is 0 Å². The van der Waals surface area contributed by atoms with Gasteiger partial charge in [-0.1, -0.05) is 6.42 Å². The minimum Gasteiger partial charge on any atom is -0.480 e. The molecule has 1 N–H and O–H groups in total. The summed E-state index contributed by atoms with van der Waals surface area (Å²) in [5.74, 6) is -0.707. The van der Waals surface area contributed by atoms with E-state index in [-0.39, 0.29) is 29.6 Å². The van der Waals surface area contributed by atoms with E-state index in [4.69, 9.17) is 5.11 Å². The maximum absolute atomic E-state index is 10.2. The summed E-state index contributed by atoms with van der Waals surface area (Å²) < 4.78 is 0. The van der Waals surface area contributed by atoms with E-state index >= 15 is 0 Å². The fourth-order valence-corrected chi connectivity index (χ4v) is 1.31. The van der Waals surface area contributed by atoms with Crippen LogP contribution in [0.2, 0.25) is 0 Å². The summed E-state index contributed by atoms with van der Waals surface area (Å²) in [5, 5.41) is 8.42. The molecule has 11 heavy (non-hydrogen) atoms. The van der Waals surface area contributed by atoms with Crippen molar-refractivity contribution in [3.63, 3.8) is 0 Å². The Labute approximate surface area is 82.9 Å². The van der Waals surface area contributed by atoms with Crippen LogP contribution >= 0.6 is 0 Å². The molecule has 0 amide bonds. The Bertz CT molecular complexity index is 124. The summed E-state index contributed by atoms with van der Waals surface area (Å²) in [6.07, 6.45) is 3.58. The van der Waals surface area contributed by atoms with Crippen molar-refractivity contribution in [2.75, 3.05) is 19.6 Å². The predicted octanol–water partition coefficient (Wildman–Crippen LogP) is -0.359. The Morgan fingerprint density at radius 3 is 2.27 bits per heavy atom. The second-order valence-electron chi connectivity index (χ2n) is 2.73. The Kier molecular flexibility index (Phi) is 5.90. The number of carboxylic acids is 1. The van der Waals surface area contributed by atoms with Gasteiger partial charge in [0.05, 0.1) is 6.54 Å². The quantitative estimate of drug-likeness (QED) is 0.574. The van der Waals surface area contributed by atoms with E-state index in [1.54, 1.807) is 0 Å². The van der Waals surface area contributed by atoms with E-state index in [1.165, 1.54) is 6.42 Å². The van der Waals surface area contributed by atoms with Crippen molar-refractivity contribution in [1.29, 1.82) is 0 Å². The standard InChI is InChI=1S/C7H13NO2.Mg.2H/c9-7(10)6-8-4-2-1-3-5-8;;;/h1-6H2,(H,9,10);;;. The lowest BCUT2D eigenvalue weighted by molar-refractivity contribution is -0.138. The largest absolute Gasteiger partial charge is 0.480 e. The SMILES string of the molecule is O=C(O)CN1CCCCC1.[MgH2]. The number of hydrogen-bond acceptors (Lipinski definition) is 2. The van der Waals surface area contributed by atoms with Gasteiger partial charge in [0.1, 0.15) is 0 Å². The maximum Gasteiger partial charge on any atom is 0.317 e. The Morgan fingerprint density at radius 1 is 1.27 bits per heavy atom. The van der Waals surface area contributed by atoms with Crippen LogP contribution in [0.25, 0.3) is 0 Å². The molecule has 1 aliphatic rings. The molecule has 0 aromatic carbocycles. The topological polar surface area (TPSA) is 40.5 Å². The van der Waals surface area contributed by atoms with Crippen molar-refractivity contribution >= 4 is 29.0 Å². The molecule has 1 aliphatic heterocycles. The van der Waals surface area contributed by atoms with Gasteiger partial charge in [-0.05, 0) is 25.9 Å². The summed E-state index contributed by atoms with van der Waals surface area (Å²) >= 11 is 0. The molecule has 1 rings (SSSR count). The van der Waals surface area contributed by atoms with Gasteiger partial charge < -0.3 is 5.11 Å². The highest BCUT2D eigenvalue weighted by molar-refractivity contribution is 5.75. The number of carbonyl (C=O) groups is 1. The van der Waals surface area contributed by atoms with Crippen LogP contribution in [0.1, 0.15) is 19.3 Å². The fraction of sp³-hybridized carbons (Fsp3) is 0.857. The highest BCUT2D eigenvalue weighted by Crippen LogP contribution is 2.07. The van der Waals surface area contributed by atoms with E-state index < -0.39 is 5.97 Å². The van der Waals surface area contributed by atoms with Gasteiger partial charge in [0, 0.05) is 0 Å².